The third kappa shape index (κ3) is 4.08. The van der Waals surface area contributed by atoms with Crippen molar-refractivity contribution < 1.29 is 4.74 Å². The summed E-state index contributed by atoms with van der Waals surface area (Å²) < 4.78 is 8.27. The largest absolute Gasteiger partial charge is 0.360 e. The summed E-state index contributed by atoms with van der Waals surface area (Å²) in [5.41, 5.74) is 2.85. The van der Waals surface area contributed by atoms with Gasteiger partial charge in [-0.2, -0.15) is 5.10 Å². The molecular formula is C16H20BrClN4OSi. The molecule has 3 rings (SSSR count). The van der Waals surface area contributed by atoms with Gasteiger partial charge in [0, 0.05) is 43.6 Å². The topological polar surface area (TPSA) is 55.7 Å². The van der Waals surface area contributed by atoms with E-state index in [1.54, 1.807) is 10.9 Å². The molecule has 0 unspecified atom stereocenters. The van der Waals surface area contributed by atoms with Gasteiger partial charge in [-0.3, -0.25) is 0 Å². The van der Waals surface area contributed by atoms with Crippen molar-refractivity contribution >= 4 is 46.5 Å². The molecule has 0 saturated carbocycles. The van der Waals surface area contributed by atoms with E-state index in [0.717, 1.165) is 39.3 Å². The summed E-state index contributed by atoms with van der Waals surface area (Å²) in [5, 5.41) is 5.88. The van der Waals surface area contributed by atoms with Gasteiger partial charge in [-0.25, -0.2) is 9.67 Å². The minimum Gasteiger partial charge on any atom is -0.360 e. The number of aromatic nitrogens is 4. The van der Waals surface area contributed by atoms with Crippen LogP contribution in [0.4, 0.5) is 0 Å². The Kier molecular flexibility index (Phi) is 5.15. The zero-order chi connectivity index (χ0) is 17.3. The molecular weight excluding hydrogens is 408 g/mol. The van der Waals surface area contributed by atoms with Crippen LogP contribution in [0.2, 0.25) is 30.8 Å². The van der Waals surface area contributed by atoms with Crippen LogP contribution in [0, 0.1) is 0 Å². The van der Waals surface area contributed by atoms with Crippen LogP contribution >= 0.6 is 27.5 Å². The van der Waals surface area contributed by atoms with Gasteiger partial charge in [0.15, 0.2) is 5.15 Å². The molecule has 24 heavy (non-hydrogen) atoms. The fourth-order valence-electron chi connectivity index (χ4n) is 2.40. The number of hydrogen-bond donors (Lipinski definition) is 1. The smallest absolute Gasteiger partial charge is 0.159 e. The molecule has 0 radical (unpaired) electrons. The van der Waals surface area contributed by atoms with Gasteiger partial charge in [0.2, 0.25) is 0 Å². The maximum absolute atomic E-state index is 6.34. The second-order valence-electron chi connectivity index (χ2n) is 6.98. The van der Waals surface area contributed by atoms with Gasteiger partial charge in [0.25, 0.3) is 0 Å². The molecule has 8 heteroatoms. The van der Waals surface area contributed by atoms with Crippen molar-refractivity contribution in [2.75, 3.05) is 6.61 Å². The highest BCUT2D eigenvalue weighted by molar-refractivity contribution is 9.10. The molecule has 0 aromatic carbocycles. The number of halogens is 2. The summed E-state index contributed by atoms with van der Waals surface area (Å²) in [6.45, 7) is 8.18. The predicted octanol–water partition coefficient (Wildman–Crippen LogP) is 5.15. The highest BCUT2D eigenvalue weighted by atomic mass is 79.9. The number of nitrogens with zero attached hydrogens (tertiary/aromatic N) is 3. The quantitative estimate of drug-likeness (QED) is 0.336. The van der Waals surface area contributed by atoms with Crippen LogP contribution in [0.25, 0.3) is 22.0 Å². The zero-order valence-corrected chi connectivity index (χ0v) is 17.3. The number of aromatic amines is 1. The molecule has 0 fully saturated rings. The molecule has 5 nitrogen and oxygen atoms in total. The molecule has 128 valence electrons. The lowest BCUT2D eigenvalue weighted by Crippen LogP contribution is -2.22. The molecule has 3 aromatic rings. The van der Waals surface area contributed by atoms with Crippen LogP contribution in [0.15, 0.2) is 29.3 Å². The first-order valence-electron chi connectivity index (χ1n) is 7.77. The summed E-state index contributed by atoms with van der Waals surface area (Å²) in [5.74, 6) is 0. The summed E-state index contributed by atoms with van der Waals surface area (Å²) in [6, 6.07) is 3.11. The van der Waals surface area contributed by atoms with Gasteiger partial charge in [0.05, 0.1) is 11.7 Å². The fourth-order valence-corrected chi connectivity index (χ4v) is 3.73. The van der Waals surface area contributed by atoms with E-state index in [1.165, 1.54) is 0 Å². The van der Waals surface area contributed by atoms with Gasteiger partial charge < -0.3 is 9.72 Å². The highest BCUT2D eigenvalue weighted by Gasteiger charge is 2.15. The number of ether oxygens (including phenoxy) is 1. The zero-order valence-electron chi connectivity index (χ0n) is 13.9. The number of pyridine rings is 1. The number of H-pyrrole nitrogens is 1. The normalized spacial score (nSPS) is 12.2. The van der Waals surface area contributed by atoms with Crippen LogP contribution in [0.3, 0.4) is 0 Å². The molecule has 0 aliphatic heterocycles. The van der Waals surface area contributed by atoms with Crippen molar-refractivity contribution in [3.05, 3.63) is 34.4 Å². The first-order chi connectivity index (χ1) is 11.3. The Morgan fingerprint density at radius 3 is 2.88 bits per heavy atom. The van der Waals surface area contributed by atoms with Crippen LogP contribution < -0.4 is 0 Å². The predicted molar refractivity (Wildman–Crippen MR) is 104 cm³/mol. The lowest BCUT2D eigenvalue weighted by molar-refractivity contribution is 0.0786. The number of rotatable bonds is 6. The summed E-state index contributed by atoms with van der Waals surface area (Å²) >= 11 is 9.75. The molecule has 3 aromatic heterocycles. The molecule has 0 amide bonds. The van der Waals surface area contributed by atoms with E-state index in [0.29, 0.717) is 11.9 Å². The molecule has 3 heterocycles. The first-order valence-corrected chi connectivity index (χ1v) is 12.6. The third-order valence-electron chi connectivity index (χ3n) is 3.76. The van der Waals surface area contributed by atoms with Crippen LogP contribution in [-0.2, 0) is 11.5 Å². The first kappa shape index (κ1) is 17.7. The minimum absolute atomic E-state index is 0.414. The average molecular weight is 428 g/mol. The van der Waals surface area contributed by atoms with E-state index in [2.05, 4.69) is 50.6 Å². The number of nitrogens with one attached hydrogen (secondary N) is 1. The third-order valence-corrected chi connectivity index (χ3v) is 6.18. The monoisotopic (exact) mass is 426 g/mol. The van der Waals surface area contributed by atoms with Crippen molar-refractivity contribution in [3.63, 3.8) is 0 Å². The van der Waals surface area contributed by atoms with Gasteiger partial charge in [0.1, 0.15) is 11.3 Å². The van der Waals surface area contributed by atoms with E-state index >= 15 is 0 Å². The lowest BCUT2D eigenvalue weighted by Gasteiger charge is -2.15. The van der Waals surface area contributed by atoms with E-state index in [4.69, 9.17) is 16.3 Å². The molecule has 0 aliphatic carbocycles. The number of hydrogen-bond acceptors (Lipinski definition) is 3. The fraction of sp³-hybridized carbons (Fsp3) is 0.375. The molecule has 1 N–H and O–H groups in total. The minimum atomic E-state index is -1.08. The van der Waals surface area contributed by atoms with Crippen LogP contribution in [0.1, 0.15) is 0 Å². The second kappa shape index (κ2) is 6.99. The van der Waals surface area contributed by atoms with Gasteiger partial charge in [-0.1, -0.05) is 31.2 Å². The molecule has 0 atom stereocenters. The van der Waals surface area contributed by atoms with E-state index in [1.807, 2.05) is 18.5 Å². The van der Waals surface area contributed by atoms with E-state index in [9.17, 15) is 0 Å². The Balaban J connectivity index is 1.77. The van der Waals surface area contributed by atoms with Crippen LogP contribution in [0.5, 0.6) is 0 Å². The molecule has 0 bridgehead atoms. The maximum atomic E-state index is 6.34. The van der Waals surface area contributed by atoms with Crippen molar-refractivity contribution in [2.24, 2.45) is 0 Å². The van der Waals surface area contributed by atoms with Crippen molar-refractivity contribution in [3.8, 4) is 11.1 Å². The Labute approximate surface area is 155 Å². The van der Waals surface area contributed by atoms with Gasteiger partial charge in [-0.15, -0.1) is 0 Å². The summed E-state index contributed by atoms with van der Waals surface area (Å²) in [6.07, 6.45) is 5.65. The van der Waals surface area contributed by atoms with E-state index < -0.39 is 8.07 Å². The molecule has 0 spiro atoms. The molecule has 0 aliphatic rings. The maximum Gasteiger partial charge on any atom is 0.159 e. The van der Waals surface area contributed by atoms with Crippen LogP contribution in [-0.4, -0.2) is 34.4 Å². The van der Waals surface area contributed by atoms with Crippen molar-refractivity contribution in [1.82, 2.24) is 19.7 Å². The molecule has 0 saturated heterocycles. The SMILES string of the molecule is C[Si](C)(C)CCOCn1cc(-c2c[nH]c3cnc(Br)cc23)c(Cl)n1. The second-order valence-corrected chi connectivity index (χ2v) is 13.8. The van der Waals surface area contributed by atoms with Crippen molar-refractivity contribution in [1.29, 1.82) is 0 Å². The van der Waals surface area contributed by atoms with Gasteiger partial charge >= 0.3 is 0 Å². The average Bonchev–Trinajstić information content (AvgIpc) is 3.05. The number of fused-ring (bicyclic) bond motifs is 1. The van der Waals surface area contributed by atoms with Gasteiger partial charge in [-0.05, 0) is 28.0 Å². The Morgan fingerprint density at radius 2 is 2.12 bits per heavy atom. The Morgan fingerprint density at radius 1 is 1.33 bits per heavy atom. The summed E-state index contributed by atoms with van der Waals surface area (Å²) in [4.78, 5) is 7.44. The Hall–Kier alpha value is -1.15. The Bertz CT molecular complexity index is 855. The lowest BCUT2D eigenvalue weighted by atomic mass is 10.1. The highest BCUT2D eigenvalue weighted by Crippen LogP contribution is 2.33. The van der Waals surface area contributed by atoms with Crippen molar-refractivity contribution in [2.45, 2.75) is 32.4 Å². The standard InChI is InChI=1S/C16H20BrClN4OSi/c1-24(2,3)5-4-23-10-22-9-13(16(18)21-22)12-7-19-14-8-20-15(17)6-11(12)14/h6-9,19H,4-5,10H2,1-3H3. The van der Waals surface area contributed by atoms with E-state index in [-0.39, 0.29) is 0 Å². The summed E-state index contributed by atoms with van der Waals surface area (Å²) in [7, 11) is -1.08.